The number of urea groups is 1. The molecule has 0 bridgehead atoms. The van der Waals surface area contributed by atoms with Crippen LogP contribution in [0, 0.1) is 5.92 Å². The number of hydrogen-bond acceptors (Lipinski definition) is 4. The summed E-state index contributed by atoms with van der Waals surface area (Å²) >= 11 is 0. The first-order valence-corrected chi connectivity index (χ1v) is 5.75. The van der Waals surface area contributed by atoms with Gasteiger partial charge < -0.3 is 15.2 Å². The van der Waals surface area contributed by atoms with Crippen LogP contribution in [0.2, 0.25) is 0 Å². The van der Waals surface area contributed by atoms with Gasteiger partial charge in [-0.05, 0) is 19.3 Å². The van der Waals surface area contributed by atoms with E-state index in [9.17, 15) is 14.4 Å². The molecule has 7 heteroatoms. The Bertz CT molecular complexity index is 304. The van der Waals surface area contributed by atoms with Crippen LogP contribution >= 0.6 is 0 Å². The second-order valence-electron chi connectivity index (χ2n) is 4.28. The van der Waals surface area contributed by atoms with Gasteiger partial charge >= 0.3 is 12.0 Å². The van der Waals surface area contributed by atoms with Crippen LogP contribution in [0.1, 0.15) is 27.2 Å². The quantitative estimate of drug-likeness (QED) is 0.612. The number of imide groups is 1. The van der Waals surface area contributed by atoms with Gasteiger partial charge in [-0.1, -0.05) is 13.8 Å². The molecule has 1 unspecified atom stereocenters. The molecule has 3 amide bonds. The van der Waals surface area contributed by atoms with E-state index in [2.05, 4.69) is 5.32 Å². The topological polar surface area (TPSA) is 105 Å². The summed E-state index contributed by atoms with van der Waals surface area (Å²) in [6, 6.07) is -0.604. The zero-order valence-corrected chi connectivity index (χ0v) is 10.9. The van der Waals surface area contributed by atoms with Crippen molar-refractivity contribution in [2.24, 2.45) is 5.92 Å². The molecule has 0 fully saturated rings. The summed E-state index contributed by atoms with van der Waals surface area (Å²) in [6.45, 7) is 5.35. The van der Waals surface area contributed by atoms with Gasteiger partial charge in [0.1, 0.15) is 6.61 Å². The molecule has 0 aromatic rings. The lowest BCUT2D eigenvalue weighted by atomic mass is 10.1. The maximum absolute atomic E-state index is 11.2. The second-order valence-corrected chi connectivity index (χ2v) is 4.28. The largest absolute Gasteiger partial charge is 0.479 e. The third-order valence-corrected chi connectivity index (χ3v) is 2.07. The maximum atomic E-state index is 11.2. The van der Waals surface area contributed by atoms with Crippen LogP contribution in [0.3, 0.4) is 0 Å². The molecule has 104 valence electrons. The van der Waals surface area contributed by atoms with Crippen LogP contribution < -0.4 is 10.6 Å². The van der Waals surface area contributed by atoms with Gasteiger partial charge in [-0.15, -0.1) is 0 Å². The third-order valence-electron chi connectivity index (χ3n) is 2.07. The molecule has 7 nitrogen and oxygen atoms in total. The van der Waals surface area contributed by atoms with Gasteiger partial charge in [0.25, 0.3) is 5.91 Å². The van der Waals surface area contributed by atoms with Crippen molar-refractivity contribution < 1.29 is 24.2 Å². The highest BCUT2D eigenvalue weighted by Crippen LogP contribution is 1.95. The third kappa shape index (κ3) is 8.51. The van der Waals surface area contributed by atoms with Gasteiger partial charge in [-0.2, -0.15) is 0 Å². The summed E-state index contributed by atoms with van der Waals surface area (Å²) in [6.07, 6.45) is -0.270. The molecule has 1 atom stereocenters. The number of amides is 3. The van der Waals surface area contributed by atoms with E-state index in [0.717, 1.165) is 6.42 Å². The highest BCUT2D eigenvalue weighted by molar-refractivity contribution is 5.94. The first-order valence-electron chi connectivity index (χ1n) is 5.75. The normalized spacial score (nSPS) is 12.0. The lowest BCUT2D eigenvalue weighted by molar-refractivity contribution is -0.150. The molecule has 0 aliphatic rings. The molecule has 0 radical (unpaired) electrons. The molecule has 0 aromatic heterocycles. The Morgan fingerprint density at radius 3 is 2.33 bits per heavy atom. The zero-order valence-electron chi connectivity index (χ0n) is 10.9. The number of carboxylic acids is 1. The summed E-state index contributed by atoms with van der Waals surface area (Å²) in [4.78, 5) is 32.8. The van der Waals surface area contributed by atoms with Gasteiger partial charge in [0.15, 0.2) is 6.10 Å². The fourth-order valence-corrected chi connectivity index (χ4v) is 0.953. The highest BCUT2D eigenvalue weighted by Gasteiger charge is 2.14. The van der Waals surface area contributed by atoms with E-state index in [1.54, 1.807) is 0 Å². The Labute approximate surface area is 106 Å². The number of ether oxygens (including phenoxy) is 1. The Balaban J connectivity index is 3.74. The second kappa shape index (κ2) is 8.46. The van der Waals surface area contributed by atoms with Crippen molar-refractivity contribution >= 4 is 17.9 Å². The minimum Gasteiger partial charge on any atom is -0.479 e. The molecule has 18 heavy (non-hydrogen) atoms. The molecule has 0 aromatic carbocycles. The van der Waals surface area contributed by atoms with E-state index in [-0.39, 0.29) is 0 Å². The van der Waals surface area contributed by atoms with Gasteiger partial charge in [-0.3, -0.25) is 10.1 Å². The monoisotopic (exact) mass is 260 g/mol. The summed E-state index contributed by atoms with van der Waals surface area (Å²) in [5.74, 6) is -1.38. The Morgan fingerprint density at radius 2 is 1.83 bits per heavy atom. The average Bonchev–Trinajstić information content (AvgIpc) is 2.24. The summed E-state index contributed by atoms with van der Waals surface area (Å²) in [5, 5.41) is 13.1. The van der Waals surface area contributed by atoms with Crippen LogP contribution in [0.25, 0.3) is 0 Å². The first kappa shape index (κ1) is 16.4. The molecule has 0 saturated heterocycles. The van der Waals surface area contributed by atoms with Crippen molar-refractivity contribution in [1.29, 1.82) is 0 Å². The fraction of sp³-hybridized carbons (Fsp3) is 0.727. The molecule has 0 aliphatic heterocycles. The smallest absolute Gasteiger partial charge is 0.332 e. The molecule has 0 spiro atoms. The SMILES string of the molecule is CC(C)CCNC(=O)NC(=O)COC(C)C(=O)O. The van der Waals surface area contributed by atoms with Crippen LogP contribution in [-0.2, 0) is 14.3 Å². The molecular formula is C11H20N2O5. The molecule has 0 saturated carbocycles. The number of carbonyl (C=O) groups is 3. The van der Waals surface area contributed by atoms with E-state index >= 15 is 0 Å². The van der Waals surface area contributed by atoms with Gasteiger partial charge in [0.05, 0.1) is 0 Å². The summed E-state index contributed by atoms with van der Waals surface area (Å²) in [5.41, 5.74) is 0. The number of nitrogens with one attached hydrogen (secondary N) is 2. The van der Waals surface area contributed by atoms with Crippen molar-refractivity contribution in [1.82, 2.24) is 10.6 Å². The highest BCUT2D eigenvalue weighted by atomic mass is 16.5. The van der Waals surface area contributed by atoms with E-state index < -0.39 is 30.6 Å². The number of aliphatic carboxylic acids is 1. The first-order chi connectivity index (χ1) is 8.32. The van der Waals surface area contributed by atoms with Crippen LogP contribution in [0.15, 0.2) is 0 Å². The van der Waals surface area contributed by atoms with Gasteiger partial charge in [0, 0.05) is 6.54 Å². The molecule has 0 aliphatic carbocycles. The summed E-state index contributed by atoms with van der Waals surface area (Å²) < 4.78 is 4.72. The van der Waals surface area contributed by atoms with E-state index in [0.29, 0.717) is 12.5 Å². The molecule has 0 heterocycles. The minimum atomic E-state index is -1.16. The van der Waals surface area contributed by atoms with Crippen LogP contribution in [-0.4, -0.2) is 42.3 Å². The van der Waals surface area contributed by atoms with Crippen molar-refractivity contribution in [3.63, 3.8) is 0 Å². The van der Waals surface area contributed by atoms with Gasteiger partial charge in [-0.25, -0.2) is 9.59 Å². The standard InChI is InChI=1S/C11H20N2O5/c1-7(2)4-5-12-11(17)13-9(14)6-18-8(3)10(15)16/h7-8H,4-6H2,1-3H3,(H,15,16)(H2,12,13,14,17). The summed E-state index contributed by atoms with van der Waals surface area (Å²) in [7, 11) is 0. The number of rotatable bonds is 7. The Morgan fingerprint density at radius 1 is 1.22 bits per heavy atom. The number of hydrogen-bond donors (Lipinski definition) is 3. The Hall–Kier alpha value is -1.63. The van der Waals surface area contributed by atoms with Crippen molar-refractivity contribution in [2.75, 3.05) is 13.2 Å². The molecule has 0 rings (SSSR count). The van der Waals surface area contributed by atoms with E-state index in [1.807, 2.05) is 19.2 Å². The predicted octanol–water partition coefficient (Wildman–Crippen LogP) is 0.348. The average molecular weight is 260 g/mol. The number of carbonyl (C=O) groups excluding carboxylic acids is 2. The van der Waals surface area contributed by atoms with Crippen molar-refractivity contribution in [2.45, 2.75) is 33.3 Å². The van der Waals surface area contributed by atoms with Crippen molar-refractivity contribution in [3.05, 3.63) is 0 Å². The maximum Gasteiger partial charge on any atom is 0.332 e. The number of carboxylic acid groups (broad SMARTS) is 1. The Kier molecular flexibility index (Phi) is 7.69. The predicted molar refractivity (Wildman–Crippen MR) is 64.0 cm³/mol. The minimum absolute atomic E-state index is 0.459. The molecular weight excluding hydrogens is 240 g/mol. The van der Waals surface area contributed by atoms with Crippen molar-refractivity contribution in [3.8, 4) is 0 Å². The molecule has 3 N–H and O–H groups in total. The van der Waals surface area contributed by atoms with Crippen LogP contribution in [0.5, 0.6) is 0 Å². The fourth-order valence-electron chi connectivity index (χ4n) is 0.953. The van der Waals surface area contributed by atoms with E-state index in [4.69, 9.17) is 9.84 Å². The lowest BCUT2D eigenvalue weighted by Crippen LogP contribution is -2.42. The van der Waals surface area contributed by atoms with E-state index in [1.165, 1.54) is 6.92 Å². The lowest BCUT2D eigenvalue weighted by Gasteiger charge is -2.10. The zero-order chi connectivity index (χ0) is 14.1. The van der Waals surface area contributed by atoms with Gasteiger partial charge in [0.2, 0.25) is 0 Å². The van der Waals surface area contributed by atoms with Crippen LogP contribution in [0.4, 0.5) is 4.79 Å².